The monoisotopic (exact) mass is 297 g/mol. The Balaban J connectivity index is 1.94. The van der Waals surface area contributed by atoms with E-state index in [9.17, 15) is 9.90 Å². The van der Waals surface area contributed by atoms with E-state index in [-0.39, 0.29) is 5.91 Å². The molecule has 0 spiro atoms. The van der Waals surface area contributed by atoms with Gasteiger partial charge < -0.3 is 10.0 Å². The Labute approximate surface area is 124 Å². The predicted octanol–water partition coefficient (Wildman–Crippen LogP) is 1.26. The maximum Gasteiger partial charge on any atom is 0.257 e. The lowest BCUT2D eigenvalue weighted by Crippen LogP contribution is -2.52. The fraction of sp³-hybridized carbons (Fsp3) is 0.571. The summed E-state index contributed by atoms with van der Waals surface area (Å²) in [6, 6.07) is 1.62. The molecule has 1 saturated heterocycles. The van der Waals surface area contributed by atoms with E-state index in [1.807, 2.05) is 0 Å². The molecule has 20 heavy (non-hydrogen) atoms. The van der Waals surface area contributed by atoms with Crippen LogP contribution in [0.5, 0.6) is 0 Å². The van der Waals surface area contributed by atoms with Gasteiger partial charge in [0.2, 0.25) is 0 Å². The van der Waals surface area contributed by atoms with Crippen molar-refractivity contribution in [3.05, 3.63) is 29.0 Å². The maximum absolute atomic E-state index is 12.3. The highest BCUT2D eigenvalue weighted by molar-refractivity contribution is 6.33. The van der Waals surface area contributed by atoms with Crippen LogP contribution in [0, 0.1) is 0 Å². The van der Waals surface area contributed by atoms with Crippen LogP contribution in [-0.2, 0) is 0 Å². The number of pyridine rings is 1. The molecule has 5 nitrogen and oxygen atoms in total. The summed E-state index contributed by atoms with van der Waals surface area (Å²) in [6.45, 7) is 6.99. The van der Waals surface area contributed by atoms with Gasteiger partial charge in [-0.15, -0.1) is 0 Å². The number of amides is 1. The SMILES string of the molecule is CC(C)(O)CN1CCN(C(=O)c2cnccc2Cl)CC1. The second-order valence-electron chi connectivity index (χ2n) is 5.74. The zero-order chi connectivity index (χ0) is 14.8. The Morgan fingerprint density at radius 1 is 1.40 bits per heavy atom. The molecule has 0 bridgehead atoms. The maximum atomic E-state index is 12.3. The normalized spacial score (nSPS) is 17.3. The van der Waals surface area contributed by atoms with Gasteiger partial charge in [0, 0.05) is 45.1 Å². The molecule has 0 saturated carbocycles. The summed E-state index contributed by atoms with van der Waals surface area (Å²) >= 11 is 6.02. The average Bonchev–Trinajstić information content (AvgIpc) is 2.37. The van der Waals surface area contributed by atoms with Gasteiger partial charge in [0.25, 0.3) is 5.91 Å². The molecule has 1 aliphatic rings. The molecule has 0 radical (unpaired) electrons. The van der Waals surface area contributed by atoms with Gasteiger partial charge in [0.15, 0.2) is 0 Å². The van der Waals surface area contributed by atoms with Crippen LogP contribution in [0.25, 0.3) is 0 Å². The van der Waals surface area contributed by atoms with Gasteiger partial charge in [-0.2, -0.15) is 0 Å². The van der Waals surface area contributed by atoms with Crippen molar-refractivity contribution in [1.82, 2.24) is 14.8 Å². The highest BCUT2D eigenvalue weighted by atomic mass is 35.5. The molecule has 1 aromatic heterocycles. The molecule has 110 valence electrons. The summed E-state index contributed by atoms with van der Waals surface area (Å²) in [6.07, 6.45) is 3.08. The molecule has 0 aromatic carbocycles. The first-order valence-electron chi connectivity index (χ1n) is 6.70. The molecular formula is C14H20ClN3O2. The minimum atomic E-state index is -0.709. The van der Waals surface area contributed by atoms with Gasteiger partial charge in [-0.05, 0) is 19.9 Å². The van der Waals surface area contributed by atoms with E-state index in [0.29, 0.717) is 30.2 Å². The van der Waals surface area contributed by atoms with Crippen LogP contribution >= 0.6 is 11.6 Å². The van der Waals surface area contributed by atoms with E-state index in [1.165, 1.54) is 6.20 Å². The van der Waals surface area contributed by atoms with Gasteiger partial charge >= 0.3 is 0 Å². The molecule has 0 atom stereocenters. The molecule has 1 fully saturated rings. The second kappa shape index (κ2) is 6.08. The lowest BCUT2D eigenvalue weighted by molar-refractivity contribution is 0.0178. The third-order valence-corrected chi connectivity index (χ3v) is 3.60. The van der Waals surface area contributed by atoms with Crippen LogP contribution in [0.1, 0.15) is 24.2 Å². The lowest BCUT2D eigenvalue weighted by Gasteiger charge is -2.37. The fourth-order valence-corrected chi connectivity index (χ4v) is 2.55. The Morgan fingerprint density at radius 2 is 2.05 bits per heavy atom. The van der Waals surface area contributed by atoms with Gasteiger partial charge in [-0.3, -0.25) is 14.7 Å². The zero-order valence-corrected chi connectivity index (χ0v) is 12.6. The molecule has 6 heteroatoms. The first kappa shape index (κ1) is 15.2. The molecule has 1 amide bonds. The first-order valence-corrected chi connectivity index (χ1v) is 7.08. The Hall–Kier alpha value is -1.17. The number of piperazine rings is 1. The standard InChI is InChI=1S/C14H20ClN3O2/c1-14(2,20)10-17-5-7-18(8-6-17)13(19)11-9-16-4-3-12(11)15/h3-4,9,20H,5-8,10H2,1-2H3. The zero-order valence-electron chi connectivity index (χ0n) is 11.8. The number of rotatable bonds is 3. The smallest absolute Gasteiger partial charge is 0.257 e. The van der Waals surface area contributed by atoms with Crippen LogP contribution in [0.2, 0.25) is 5.02 Å². The number of hydrogen-bond acceptors (Lipinski definition) is 4. The number of hydrogen-bond donors (Lipinski definition) is 1. The van der Waals surface area contributed by atoms with E-state index in [2.05, 4.69) is 9.88 Å². The minimum Gasteiger partial charge on any atom is -0.389 e. The number of β-amino-alcohol motifs (C(OH)–C–C–N with tert-alkyl or cyclic N) is 1. The molecule has 2 rings (SSSR count). The van der Waals surface area contributed by atoms with Crippen molar-refractivity contribution >= 4 is 17.5 Å². The van der Waals surface area contributed by atoms with Crippen molar-refractivity contribution in [2.45, 2.75) is 19.4 Å². The van der Waals surface area contributed by atoms with Crippen LogP contribution in [-0.4, -0.2) is 64.1 Å². The van der Waals surface area contributed by atoms with Gasteiger partial charge in [-0.25, -0.2) is 0 Å². The van der Waals surface area contributed by atoms with Gasteiger partial charge in [0.1, 0.15) is 0 Å². The van der Waals surface area contributed by atoms with Gasteiger partial charge in [-0.1, -0.05) is 11.6 Å². The molecule has 0 aliphatic carbocycles. The molecular weight excluding hydrogens is 278 g/mol. The topological polar surface area (TPSA) is 56.7 Å². The van der Waals surface area contributed by atoms with Crippen molar-refractivity contribution in [1.29, 1.82) is 0 Å². The summed E-state index contributed by atoms with van der Waals surface area (Å²) in [4.78, 5) is 20.2. The molecule has 2 heterocycles. The number of carbonyl (C=O) groups excluding carboxylic acids is 1. The Morgan fingerprint density at radius 3 is 2.60 bits per heavy atom. The number of halogens is 1. The third kappa shape index (κ3) is 3.91. The number of aromatic nitrogens is 1. The molecule has 0 unspecified atom stereocenters. The van der Waals surface area contributed by atoms with Crippen LogP contribution < -0.4 is 0 Å². The molecule has 1 aromatic rings. The Kier molecular flexibility index (Phi) is 4.62. The third-order valence-electron chi connectivity index (χ3n) is 3.27. The van der Waals surface area contributed by atoms with Crippen molar-refractivity contribution in [3.63, 3.8) is 0 Å². The average molecular weight is 298 g/mol. The van der Waals surface area contributed by atoms with E-state index in [1.54, 1.807) is 31.0 Å². The van der Waals surface area contributed by atoms with E-state index < -0.39 is 5.60 Å². The minimum absolute atomic E-state index is 0.0778. The van der Waals surface area contributed by atoms with Crippen LogP contribution in [0.15, 0.2) is 18.5 Å². The molecule has 1 N–H and O–H groups in total. The largest absolute Gasteiger partial charge is 0.389 e. The van der Waals surface area contributed by atoms with Crippen molar-refractivity contribution in [2.75, 3.05) is 32.7 Å². The fourth-order valence-electron chi connectivity index (χ4n) is 2.36. The van der Waals surface area contributed by atoms with Crippen LogP contribution in [0.4, 0.5) is 0 Å². The predicted molar refractivity (Wildman–Crippen MR) is 77.9 cm³/mol. The van der Waals surface area contributed by atoms with E-state index >= 15 is 0 Å². The number of carbonyl (C=O) groups is 1. The number of aliphatic hydroxyl groups is 1. The summed E-state index contributed by atoms with van der Waals surface area (Å²) in [5, 5.41) is 10.2. The summed E-state index contributed by atoms with van der Waals surface area (Å²) in [7, 11) is 0. The van der Waals surface area contributed by atoms with Crippen LogP contribution in [0.3, 0.4) is 0 Å². The highest BCUT2D eigenvalue weighted by Crippen LogP contribution is 2.17. The van der Waals surface area contributed by atoms with Crippen molar-refractivity contribution in [3.8, 4) is 0 Å². The quantitative estimate of drug-likeness (QED) is 0.913. The summed E-state index contributed by atoms with van der Waals surface area (Å²) in [5.41, 5.74) is -0.260. The van der Waals surface area contributed by atoms with Gasteiger partial charge in [0.05, 0.1) is 16.2 Å². The van der Waals surface area contributed by atoms with E-state index in [0.717, 1.165) is 13.1 Å². The highest BCUT2D eigenvalue weighted by Gasteiger charge is 2.26. The first-order chi connectivity index (χ1) is 9.37. The van der Waals surface area contributed by atoms with Crippen molar-refractivity contribution in [2.24, 2.45) is 0 Å². The van der Waals surface area contributed by atoms with Crippen molar-refractivity contribution < 1.29 is 9.90 Å². The molecule has 1 aliphatic heterocycles. The summed E-state index contributed by atoms with van der Waals surface area (Å²) < 4.78 is 0. The Bertz CT molecular complexity index is 480. The summed E-state index contributed by atoms with van der Waals surface area (Å²) in [5.74, 6) is -0.0778. The second-order valence-corrected chi connectivity index (χ2v) is 6.14. The number of nitrogens with zero attached hydrogens (tertiary/aromatic N) is 3. The van der Waals surface area contributed by atoms with E-state index in [4.69, 9.17) is 11.6 Å². The lowest BCUT2D eigenvalue weighted by atomic mass is 10.1.